The first-order chi connectivity index (χ1) is 13.9. The van der Waals surface area contributed by atoms with E-state index in [0.717, 1.165) is 17.3 Å². The van der Waals surface area contributed by atoms with Gasteiger partial charge in [0.15, 0.2) is 5.17 Å². The molecule has 0 bridgehead atoms. The van der Waals surface area contributed by atoms with Gasteiger partial charge in [-0.3, -0.25) is 14.7 Å². The van der Waals surface area contributed by atoms with Gasteiger partial charge in [0.25, 0.3) is 5.91 Å². The topological polar surface area (TPSA) is 41.9 Å². The van der Waals surface area contributed by atoms with Gasteiger partial charge in [-0.05, 0) is 72.5 Å². The lowest BCUT2D eigenvalue weighted by atomic mass is 9.94. The van der Waals surface area contributed by atoms with E-state index in [2.05, 4.69) is 79.8 Å². The van der Waals surface area contributed by atoms with E-state index in [1.807, 2.05) is 0 Å². The Labute approximate surface area is 191 Å². The van der Waals surface area contributed by atoms with Crippen LogP contribution in [0.15, 0.2) is 41.4 Å². The van der Waals surface area contributed by atoms with Crippen molar-refractivity contribution in [1.82, 2.24) is 4.90 Å². The van der Waals surface area contributed by atoms with Crippen LogP contribution >= 0.6 is 34.4 Å². The maximum Gasteiger partial charge on any atom is 0.254 e. The average Bonchev–Trinajstić information content (AvgIpc) is 3.11. The molecule has 6 heteroatoms. The number of aliphatic imine (C=N–C) groups is 1. The monoisotopic (exact) mass is 522 g/mol. The van der Waals surface area contributed by atoms with Gasteiger partial charge in [0, 0.05) is 23.0 Å². The number of carbonyl (C=O) groups excluding carboxylic acids is 1. The summed E-state index contributed by atoms with van der Waals surface area (Å²) in [7, 11) is 1.55. The Morgan fingerprint density at radius 1 is 1.24 bits per heavy atom. The normalized spacial score (nSPS) is 16.4. The first kappa shape index (κ1) is 22.3. The second-order valence-electron chi connectivity index (χ2n) is 7.41. The number of methoxy groups -OCH3 is 1. The highest BCUT2D eigenvalue weighted by atomic mass is 127. The summed E-state index contributed by atoms with van der Waals surface area (Å²) in [6.45, 7) is 7.19. The van der Waals surface area contributed by atoms with Crippen molar-refractivity contribution in [2.45, 2.75) is 33.2 Å². The summed E-state index contributed by atoms with van der Waals surface area (Å²) in [5.74, 6) is 0.844. The number of aryl methyl sites for hydroxylation is 2. The molecule has 1 saturated heterocycles. The molecule has 1 fully saturated rings. The molecule has 4 nitrogen and oxygen atoms in total. The van der Waals surface area contributed by atoms with Gasteiger partial charge in [-0.25, -0.2) is 0 Å². The van der Waals surface area contributed by atoms with Crippen molar-refractivity contribution < 1.29 is 9.53 Å². The Hall–Kier alpha value is -1.38. The average molecular weight is 522 g/mol. The number of nitrogens with zero attached hydrogens (tertiary/aromatic N) is 2. The predicted octanol–water partition coefficient (Wildman–Crippen LogP) is 5.08. The molecular weight excluding hydrogens is 495 g/mol. The van der Waals surface area contributed by atoms with E-state index in [4.69, 9.17) is 9.73 Å². The molecule has 29 heavy (non-hydrogen) atoms. The van der Waals surface area contributed by atoms with E-state index in [1.165, 1.54) is 31.4 Å². The standard InChI is InChI=1S/C23H27IN2O2S/c1-15-10-16(2)12-18(11-15)13-21(19-6-5-7-20(24)17(19)3)25-23-26(8-9-29-23)22(27)14-28-4/h5-7,10-12,21H,8-9,13-14H2,1-4H3. The van der Waals surface area contributed by atoms with Gasteiger partial charge in [0.2, 0.25) is 0 Å². The minimum Gasteiger partial charge on any atom is -0.375 e. The van der Waals surface area contributed by atoms with Crippen LogP contribution in [0.4, 0.5) is 0 Å². The van der Waals surface area contributed by atoms with Crippen molar-refractivity contribution in [3.05, 3.63) is 67.8 Å². The molecule has 0 N–H and O–H groups in total. The number of amidine groups is 1. The Bertz CT molecular complexity index is 909. The molecule has 1 unspecified atom stereocenters. The maximum atomic E-state index is 12.4. The summed E-state index contributed by atoms with van der Waals surface area (Å²) in [5, 5.41) is 0.805. The molecule has 0 saturated carbocycles. The van der Waals surface area contributed by atoms with E-state index < -0.39 is 0 Å². The third kappa shape index (κ3) is 5.61. The van der Waals surface area contributed by atoms with Crippen molar-refractivity contribution in [3.63, 3.8) is 0 Å². The molecule has 3 rings (SSSR count). The van der Waals surface area contributed by atoms with Crippen LogP contribution in [0.5, 0.6) is 0 Å². The van der Waals surface area contributed by atoms with Crippen molar-refractivity contribution in [2.75, 3.05) is 26.0 Å². The lowest BCUT2D eigenvalue weighted by Gasteiger charge is -2.21. The number of benzene rings is 2. The fourth-order valence-corrected chi connectivity index (χ4v) is 5.22. The zero-order chi connectivity index (χ0) is 21.0. The summed E-state index contributed by atoms with van der Waals surface area (Å²) >= 11 is 4.03. The van der Waals surface area contributed by atoms with Crippen LogP contribution in [0, 0.1) is 24.3 Å². The Morgan fingerprint density at radius 3 is 2.66 bits per heavy atom. The molecule has 2 aromatic carbocycles. The third-order valence-corrected chi connectivity index (χ3v) is 7.13. The molecule has 0 radical (unpaired) electrons. The van der Waals surface area contributed by atoms with E-state index in [0.29, 0.717) is 6.54 Å². The first-order valence-corrected chi connectivity index (χ1v) is 11.8. The van der Waals surface area contributed by atoms with Gasteiger partial charge in [-0.1, -0.05) is 53.2 Å². The number of carbonyl (C=O) groups is 1. The summed E-state index contributed by atoms with van der Waals surface area (Å²) in [6.07, 6.45) is 0.805. The molecule has 154 valence electrons. The smallest absolute Gasteiger partial charge is 0.254 e. The molecule has 2 aromatic rings. The number of rotatable bonds is 6. The molecular formula is C23H27IN2O2S. The van der Waals surface area contributed by atoms with Gasteiger partial charge in [-0.2, -0.15) is 0 Å². The number of thioether (sulfide) groups is 1. The number of ether oxygens (including phenoxy) is 1. The Balaban J connectivity index is 2.00. The van der Waals surface area contributed by atoms with Crippen LogP contribution in [0.25, 0.3) is 0 Å². The fraction of sp³-hybridized carbons (Fsp3) is 0.391. The van der Waals surface area contributed by atoms with Crippen LogP contribution < -0.4 is 0 Å². The zero-order valence-corrected chi connectivity index (χ0v) is 20.3. The highest BCUT2D eigenvalue weighted by molar-refractivity contribution is 14.1. The number of hydrogen-bond acceptors (Lipinski definition) is 4. The number of amides is 1. The summed E-state index contributed by atoms with van der Waals surface area (Å²) in [6, 6.07) is 13.0. The molecule has 1 aliphatic rings. The van der Waals surface area contributed by atoms with E-state index >= 15 is 0 Å². The van der Waals surface area contributed by atoms with Gasteiger partial charge in [0.05, 0.1) is 6.04 Å². The van der Waals surface area contributed by atoms with Crippen LogP contribution in [0.3, 0.4) is 0 Å². The minimum absolute atomic E-state index is 0.0271. The summed E-state index contributed by atoms with van der Waals surface area (Å²) in [4.78, 5) is 19.3. The molecule has 1 atom stereocenters. The second kappa shape index (κ2) is 10.1. The quantitative estimate of drug-likeness (QED) is 0.498. The first-order valence-electron chi connectivity index (χ1n) is 9.71. The van der Waals surface area contributed by atoms with Gasteiger partial charge >= 0.3 is 0 Å². The van der Waals surface area contributed by atoms with E-state index in [1.54, 1.807) is 23.8 Å². The van der Waals surface area contributed by atoms with Gasteiger partial charge in [-0.15, -0.1) is 0 Å². The van der Waals surface area contributed by atoms with Crippen LogP contribution in [0.1, 0.15) is 33.9 Å². The van der Waals surface area contributed by atoms with Gasteiger partial charge in [0.1, 0.15) is 6.61 Å². The van der Waals surface area contributed by atoms with Crippen LogP contribution in [0.2, 0.25) is 0 Å². The highest BCUT2D eigenvalue weighted by Crippen LogP contribution is 2.31. The lowest BCUT2D eigenvalue weighted by Crippen LogP contribution is -2.34. The van der Waals surface area contributed by atoms with E-state index in [-0.39, 0.29) is 18.6 Å². The minimum atomic E-state index is -0.0376. The van der Waals surface area contributed by atoms with E-state index in [9.17, 15) is 4.79 Å². The molecule has 1 amide bonds. The molecule has 0 spiro atoms. The van der Waals surface area contributed by atoms with Crippen molar-refractivity contribution >= 4 is 45.4 Å². The molecule has 1 aliphatic heterocycles. The van der Waals surface area contributed by atoms with Gasteiger partial charge < -0.3 is 4.74 Å². The Kier molecular flexibility index (Phi) is 7.76. The second-order valence-corrected chi connectivity index (χ2v) is 9.63. The summed E-state index contributed by atoms with van der Waals surface area (Å²) in [5.41, 5.74) is 6.27. The number of hydrogen-bond donors (Lipinski definition) is 0. The largest absolute Gasteiger partial charge is 0.375 e. The third-order valence-electron chi connectivity index (χ3n) is 4.99. The Morgan fingerprint density at radius 2 is 1.97 bits per heavy atom. The van der Waals surface area contributed by atoms with Crippen molar-refractivity contribution in [1.29, 1.82) is 0 Å². The van der Waals surface area contributed by atoms with Crippen LogP contribution in [-0.2, 0) is 16.0 Å². The molecule has 1 heterocycles. The van der Waals surface area contributed by atoms with Crippen molar-refractivity contribution in [2.24, 2.45) is 4.99 Å². The highest BCUT2D eigenvalue weighted by Gasteiger charge is 2.27. The zero-order valence-electron chi connectivity index (χ0n) is 17.4. The fourth-order valence-electron chi connectivity index (χ4n) is 3.70. The lowest BCUT2D eigenvalue weighted by molar-refractivity contribution is -0.130. The number of halogens is 1. The van der Waals surface area contributed by atoms with Crippen LogP contribution in [-0.4, -0.2) is 42.0 Å². The molecule has 0 aromatic heterocycles. The summed E-state index contributed by atoms with van der Waals surface area (Å²) < 4.78 is 6.29. The maximum absolute atomic E-state index is 12.4. The molecule has 0 aliphatic carbocycles. The SMILES string of the molecule is COCC(=O)N1CCSC1=NC(Cc1cc(C)cc(C)c1)c1cccc(I)c1C. The predicted molar refractivity (Wildman–Crippen MR) is 130 cm³/mol. The van der Waals surface area contributed by atoms with Crippen molar-refractivity contribution in [3.8, 4) is 0 Å².